The molecule has 122 valence electrons. The Morgan fingerprint density at radius 2 is 2.26 bits per heavy atom. The number of hydrogen-bond donors (Lipinski definition) is 3. The van der Waals surface area contributed by atoms with E-state index < -0.39 is 6.10 Å². The summed E-state index contributed by atoms with van der Waals surface area (Å²) in [6, 6.07) is 5.08. The van der Waals surface area contributed by atoms with Crippen LogP contribution in [0.2, 0.25) is 0 Å². The topological polar surface area (TPSA) is 92.1 Å². The van der Waals surface area contributed by atoms with Crippen molar-refractivity contribution >= 4 is 11.7 Å². The lowest BCUT2D eigenvalue weighted by Gasteiger charge is -2.17. The fraction of sp³-hybridized carbons (Fsp3) is 0.438. The van der Waals surface area contributed by atoms with E-state index in [0.717, 1.165) is 13.0 Å². The summed E-state index contributed by atoms with van der Waals surface area (Å²) < 4.78 is 1.86. The minimum Gasteiger partial charge on any atom is -0.391 e. The maximum Gasteiger partial charge on any atom is 0.255 e. The highest BCUT2D eigenvalue weighted by Crippen LogP contribution is 2.28. The van der Waals surface area contributed by atoms with Crippen molar-refractivity contribution in [2.75, 3.05) is 12.4 Å². The fourth-order valence-electron chi connectivity index (χ4n) is 3.13. The van der Waals surface area contributed by atoms with Gasteiger partial charge in [-0.25, -0.2) is 4.98 Å². The first-order chi connectivity index (χ1) is 11.2. The van der Waals surface area contributed by atoms with Gasteiger partial charge in [-0.05, 0) is 37.0 Å². The van der Waals surface area contributed by atoms with E-state index in [1.807, 2.05) is 16.9 Å². The van der Waals surface area contributed by atoms with E-state index in [1.165, 1.54) is 0 Å². The molecule has 0 aliphatic heterocycles. The van der Waals surface area contributed by atoms with Gasteiger partial charge in [0.05, 0.1) is 17.7 Å². The fourth-order valence-corrected chi connectivity index (χ4v) is 3.13. The molecule has 1 aliphatic carbocycles. The van der Waals surface area contributed by atoms with Crippen molar-refractivity contribution in [2.45, 2.75) is 31.5 Å². The number of nitrogens with zero attached hydrogens (tertiary/aromatic N) is 3. The Morgan fingerprint density at radius 3 is 3.00 bits per heavy atom. The van der Waals surface area contributed by atoms with Crippen LogP contribution in [0.4, 0.5) is 5.82 Å². The van der Waals surface area contributed by atoms with Crippen LogP contribution in [0.5, 0.6) is 0 Å². The van der Waals surface area contributed by atoms with Gasteiger partial charge < -0.3 is 15.7 Å². The molecule has 1 unspecified atom stereocenters. The van der Waals surface area contributed by atoms with Gasteiger partial charge in [-0.1, -0.05) is 0 Å². The Bertz CT molecular complexity index is 658. The molecule has 0 bridgehead atoms. The van der Waals surface area contributed by atoms with Crippen LogP contribution in [0.25, 0.3) is 0 Å². The number of anilines is 1. The normalized spacial score (nSPS) is 23.7. The molecular formula is C16H21N5O2. The molecule has 0 saturated heterocycles. The zero-order valence-corrected chi connectivity index (χ0v) is 13.0. The number of rotatable bonds is 5. The average molecular weight is 315 g/mol. The van der Waals surface area contributed by atoms with Crippen molar-refractivity contribution in [1.29, 1.82) is 0 Å². The number of amides is 1. The third-order valence-electron chi connectivity index (χ3n) is 4.24. The summed E-state index contributed by atoms with van der Waals surface area (Å²) in [5.74, 6) is 0.615. The summed E-state index contributed by atoms with van der Waals surface area (Å²) in [6.45, 7) is 0.755. The van der Waals surface area contributed by atoms with Crippen LogP contribution in [0.1, 0.15) is 23.2 Å². The summed E-state index contributed by atoms with van der Waals surface area (Å²) >= 11 is 0. The van der Waals surface area contributed by atoms with Gasteiger partial charge in [0.2, 0.25) is 0 Å². The first-order valence-corrected chi connectivity index (χ1v) is 7.76. The molecule has 23 heavy (non-hydrogen) atoms. The number of carbonyl (C=O) groups excluding carboxylic acids is 1. The minimum absolute atomic E-state index is 0.216. The van der Waals surface area contributed by atoms with E-state index in [1.54, 1.807) is 31.6 Å². The zero-order chi connectivity index (χ0) is 16.2. The van der Waals surface area contributed by atoms with Gasteiger partial charge in [0, 0.05) is 32.2 Å². The monoisotopic (exact) mass is 315 g/mol. The average Bonchev–Trinajstić information content (AvgIpc) is 3.18. The van der Waals surface area contributed by atoms with Gasteiger partial charge in [-0.3, -0.25) is 9.48 Å². The van der Waals surface area contributed by atoms with Crippen LogP contribution in [-0.4, -0.2) is 45.0 Å². The minimum atomic E-state index is -0.533. The van der Waals surface area contributed by atoms with Gasteiger partial charge in [0.25, 0.3) is 5.91 Å². The first-order valence-electron chi connectivity index (χ1n) is 7.76. The Morgan fingerprint density at radius 1 is 1.39 bits per heavy atom. The molecule has 1 aliphatic rings. The molecule has 0 radical (unpaired) electrons. The third kappa shape index (κ3) is 3.50. The summed E-state index contributed by atoms with van der Waals surface area (Å²) in [7, 11) is 1.73. The van der Waals surface area contributed by atoms with Crippen LogP contribution in [0.3, 0.4) is 0 Å². The number of hydrogen-bond acceptors (Lipinski definition) is 5. The standard InChI is InChI=1S/C16H21N5O2/c1-17-15-12(4-2-5-18-15)16(23)20-13-8-11(9-14(13)22)10-21-7-3-6-19-21/h2-7,11,13-14,22H,8-10H2,1H3,(H,17,18)(H,20,23)/t11?,13-,14-/m1/s1. The van der Waals surface area contributed by atoms with Crippen molar-refractivity contribution in [3.05, 3.63) is 42.4 Å². The number of aliphatic hydroxyl groups is 1. The van der Waals surface area contributed by atoms with Gasteiger partial charge in [-0.15, -0.1) is 0 Å². The largest absolute Gasteiger partial charge is 0.391 e. The molecule has 7 heteroatoms. The van der Waals surface area contributed by atoms with Crippen molar-refractivity contribution in [3.63, 3.8) is 0 Å². The lowest BCUT2D eigenvalue weighted by molar-refractivity contribution is 0.0873. The van der Waals surface area contributed by atoms with Crippen LogP contribution >= 0.6 is 0 Å². The Kier molecular flexibility index (Phi) is 4.57. The Hall–Kier alpha value is -2.41. The second kappa shape index (κ2) is 6.78. The summed E-state index contributed by atoms with van der Waals surface area (Å²) in [5.41, 5.74) is 0.484. The van der Waals surface area contributed by atoms with Crippen LogP contribution < -0.4 is 10.6 Å². The molecule has 0 aromatic carbocycles. The molecular weight excluding hydrogens is 294 g/mol. The highest BCUT2D eigenvalue weighted by atomic mass is 16.3. The lowest BCUT2D eigenvalue weighted by Crippen LogP contribution is -2.40. The third-order valence-corrected chi connectivity index (χ3v) is 4.24. The van der Waals surface area contributed by atoms with Gasteiger partial charge in [-0.2, -0.15) is 5.10 Å². The maximum absolute atomic E-state index is 12.4. The molecule has 1 amide bonds. The summed E-state index contributed by atoms with van der Waals surface area (Å²) in [5, 5.41) is 20.3. The number of aromatic nitrogens is 3. The highest BCUT2D eigenvalue weighted by Gasteiger charge is 2.34. The van der Waals surface area contributed by atoms with E-state index in [2.05, 4.69) is 20.7 Å². The molecule has 2 aromatic rings. The second-order valence-corrected chi connectivity index (χ2v) is 5.86. The van der Waals surface area contributed by atoms with Crippen molar-refractivity contribution in [1.82, 2.24) is 20.1 Å². The number of carbonyl (C=O) groups is 1. The van der Waals surface area contributed by atoms with Crippen molar-refractivity contribution in [3.8, 4) is 0 Å². The van der Waals surface area contributed by atoms with E-state index in [-0.39, 0.29) is 11.9 Å². The first kappa shape index (κ1) is 15.5. The molecule has 0 spiro atoms. The smallest absolute Gasteiger partial charge is 0.255 e. The summed E-state index contributed by atoms with van der Waals surface area (Å²) in [6.07, 6.45) is 6.15. The molecule has 3 N–H and O–H groups in total. The Balaban J connectivity index is 1.62. The van der Waals surface area contributed by atoms with Crippen LogP contribution in [0.15, 0.2) is 36.8 Å². The highest BCUT2D eigenvalue weighted by molar-refractivity contribution is 5.98. The SMILES string of the molecule is CNc1ncccc1C(=O)N[C@@H]1CC(Cn2cccn2)C[C@H]1O. The van der Waals surface area contributed by atoms with Crippen LogP contribution in [0, 0.1) is 5.92 Å². The number of aliphatic hydroxyl groups excluding tert-OH is 1. The van der Waals surface area contributed by atoms with Crippen LogP contribution in [-0.2, 0) is 6.54 Å². The predicted molar refractivity (Wildman–Crippen MR) is 86.0 cm³/mol. The van der Waals surface area contributed by atoms with Gasteiger partial charge in [0.1, 0.15) is 5.82 Å². The quantitative estimate of drug-likeness (QED) is 0.762. The summed E-state index contributed by atoms with van der Waals surface area (Å²) in [4.78, 5) is 16.6. The maximum atomic E-state index is 12.4. The lowest BCUT2D eigenvalue weighted by atomic mass is 10.1. The van der Waals surface area contributed by atoms with E-state index in [9.17, 15) is 9.90 Å². The van der Waals surface area contributed by atoms with Crippen molar-refractivity contribution in [2.24, 2.45) is 5.92 Å². The Labute approximate surface area is 134 Å². The molecule has 1 fully saturated rings. The van der Waals surface area contributed by atoms with Gasteiger partial charge in [0.15, 0.2) is 0 Å². The molecule has 7 nitrogen and oxygen atoms in total. The van der Waals surface area contributed by atoms with E-state index in [0.29, 0.717) is 23.7 Å². The molecule has 3 atom stereocenters. The van der Waals surface area contributed by atoms with Gasteiger partial charge >= 0.3 is 0 Å². The van der Waals surface area contributed by atoms with Crippen molar-refractivity contribution < 1.29 is 9.90 Å². The zero-order valence-electron chi connectivity index (χ0n) is 13.0. The molecule has 2 aromatic heterocycles. The van der Waals surface area contributed by atoms with E-state index in [4.69, 9.17) is 0 Å². The number of pyridine rings is 1. The van der Waals surface area contributed by atoms with E-state index >= 15 is 0 Å². The molecule has 1 saturated carbocycles. The second-order valence-electron chi connectivity index (χ2n) is 5.86. The molecule has 3 rings (SSSR count). The predicted octanol–water partition coefficient (Wildman–Crippen LogP) is 0.889. The number of nitrogens with one attached hydrogen (secondary N) is 2. The molecule has 2 heterocycles.